The van der Waals surface area contributed by atoms with Crippen molar-refractivity contribution in [2.24, 2.45) is 0 Å². The van der Waals surface area contributed by atoms with Crippen LogP contribution in [0.3, 0.4) is 0 Å². The molecule has 0 saturated heterocycles. The highest BCUT2D eigenvalue weighted by atomic mass is 35.5. The highest BCUT2D eigenvalue weighted by molar-refractivity contribution is 5.85. The third-order valence-corrected chi connectivity index (χ3v) is 2.39. The fourth-order valence-electron chi connectivity index (χ4n) is 1.73. The van der Waals surface area contributed by atoms with Crippen molar-refractivity contribution in [3.05, 3.63) is 48.5 Å². The van der Waals surface area contributed by atoms with Gasteiger partial charge in [-0.05, 0) is 12.1 Å². The molecule has 5 heteroatoms. The number of hydrogen-bond acceptors (Lipinski definition) is 1. The number of nitrogens with one attached hydrogen (secondary N) is 1. The molecule has 0 spiro atoms. The molecule has 0 saturated carbocycles. The van der Waals surface area contributed by atoms with Crippen molar-refractivity contribution in [3.63, 3.8) is 0 Å². The lowest BCUT2D eigenvalue weighted by molar-refractivity contribution is 0.634. The molecule has 3 nitrogen and oxygen atoms in total. The smallest absolute Gasteiger partial charge is 0.158 e. The Morgan fingerprint density at radius 1 is 1.19 bits per heavy atom. The van der Waals surface area contributed by atoms with Gasteiger partial charge >= 0.3 is 0 Å². The molecule has 1 aromatic carbocycles. The average molecular weight is 238 g/mol. The van der Waals surface area contributed by atoms with Gasteiger partial charge < -0.3 is 0 Å². The number of benzene rings is 1. The standard InChI is InChI=1S/C11H8FN3.ClH/c12-9-3-1-2-8-5-7-15(11(8)9)10-4-6-13-14-10;/h1-7H,(H,13,14);1H. The van der Waals surface area contributed by atoms with Crippen molar-refractivity contribution in [1.82, 2.24) is 14.8 Å². The number of rotatable bonds is 1. The molecule has 2 heterocycles. The van der Waals surface area contributed by atoms with Gasteiger partial charge in [-0.2, -0.15) is 5.10 Å². The zero-order valence-corrected chi connectivity index (χ0v) is 9.04. The van der Waals surface area contributed by atoms with Crippen molar-refractivity contribution in [2.45, 2.75) is 0 Å². The van der Waals surface area contributed by atoms with Gasteiger partial charge in [-0.3, -0.25) is 9.67 Å². The summed E-state index contributed by atoms with van der Waals surface area (Å²) in [5.41, 5.74) is 0.560. The van der Waals surface area contributed by atoms with Gasteiger partial charge in [-0.25, -0.2) is 4.39 Å². The number of para-hydroxylation sites is 1. The highest BCUT2D eigenvalue weighted by Gasteiger charge is 2.08. The maximum Gasteiger partial charge on any atom is 0.158 e. The topological polar surface area (TPSA) is 33.6 Å². The molecular weight excluding hydrogens is 229 g/mol. The number of nitrogens with zero attached hydrogens (tertiary/aromatic N) is 2. The molecule has 0 amide bonds. The van der Waals surface area contributed by atoms with Crippen LogP contribution in [0.2, 0.25) is 0 Å². The first-order valence-electron chi connectivity index (χ1n) is 4.62. The van der Waals surface area contributed by atoms with Crippen LogP contribution in [0.5, 0.6) is 0 Å². The van der Waals surface area contributed by atoms with Gasteiger partial charge in [-0.15, -0.1) is 12.4 Å². The van der Waals surface area contributed by atoms with Crippen molar-refractivity contribution in [2.75, 3.05) is 0 Å². The SMILES string of the molecule is Cl.Fc1cccc2ccn(-c3cc[nH]n3)c12. The molecule has 0 unspecified atom stereocenters. The summed E-state index contributed by atoms with van der Waals surface area (Å²) in [5, 5.41) is 7.60. The number of aromatic nitrogens is 3. The first-order chi connectivity index (χ1) is 7.36. The van der Waals surface area contributed by atoms with E-state index in [2.05, 4.69) is 10.2 Å². The summed E-state index contributed by atoms with van der Waals surface area (Å²) in [4.78, 5) is 0. The van der Waals surface area contributed by atoms with E-state index in [-0.39, 0.29) is 18.2 Å². The Labute approximate surface area is 97.3 Å². The Kier molecular flexibility index (Phi) is 2.66. The van der Waals surface area contributed by atoms with Crippen LogP contribution in [-0.2, 0) is 0 Å². The first-order valence-corrected chi connectivity index (χ1v) is 4.62. The first kappa shape index (κ1) is 10.7. The zero-order chi connectivity index (χ0) is 10.3. The van der Waals surface area contributed by atoms with E-state index in [4.69, 9.17) is 0 Å². The minimum absolute atomic E-state index is 0. The molecule has 82 valence electrons. The fraction of sp³-hybridized carbons (Fsp3) is 0. The van der Waals surface area contributed by atoms with Crippen molar-refractivity contribution >= 4 is 23.3 Å². The summed E-state index contributed by atoms with van der Waals surface area (Å²) in [5.74, 6) is 0.454. The van der Waals surface area contributed by atoms with Gasteiger partial charge in [0.2, 0.25) is 0 Å². The molecule has 3 rings (SSSR count). The normalized spacial score (nSPS) is 10.3. The lowest BCUT2D eigenvalue weighted by atomic mass is 10.2. The Bertz CT molecular complexity index is 601. The molecule has 0 aliphatic carbocycles. The van der Waals surface area contributed by atoms with E-state index in [1.807, 2.05) is 18.3 Å². The zero-order valence-electron chi connectivity index (χ0n) is 8.22. The molecule has 1 N–H and O–H groups in total. The lowest BCUT2D eigenvalue weighted by Crippen LogP contribution is -1.94. The highest BCUT2D eigenvalue weighted by Crippen LogP contribution is 2.21. The maximum absolute atomic E-state index is 13.6. The molecule has 0 atom stereocenters. The predicted octanol–water partition coefficient (Wildman–Crippen LogP) is 2.91. The molecule has 0 radical (unpaired) electrons. The van der Waals surface area contributed by atoms with Crippen molar-refractivity contribution in [3.8, 4) is 5.82 Å². The monoisotopic (exact) mass is 237 g/mol. The van der Waals surface area contributed by atoms with E-state index in [0.717, 1.165) is 5.39 Å². The quantitative estimate of drug-likeness (QED) is 0.694. The van der Waals surface area contributed by atoms with Gasteiger partial charge in [0.15, 0.2) is 5.82 Å². The van der Waals surface area contributed by atoms with Crippen LogP contribution < -0.4 is 0 Å². The third kappa shape index (κ3) is 1.47. The second kappa shape index (κ2) is 3.98. The molecule has 0 bridgehead atoms. The van der Waals surface area contributed by atoms with Crippen molar-refractivity contribution in [1.29, 1.82) is 0 Å². The summed E-state index contributed by atoms with van der Waals surface area (Å²) in [6.07, 6.45) is 3.52. The summed E-state index contributed by atoms with van der Waals surface area (Å²) in [6.45, 7) is 0. The Hall–Kier alpha value is -1.81. The number of halogens is 2. The third-order valence-electron chi connectivity index (χ3n) is 2.39. The van der Waals surface area contributed by atoms with Crippen LogP contribution >= 0.6 is 12.4 Å². The van der Waals surface area contributed by atoms with Crippen LogP contribution in [-0.4, -0.2) is 14.8 Å². The molecular formula is C11H9ClFN3. The van der Waals surface area contributed by atoms with Crippen LogP contribution in [0.15, 0.2) is 42.7 Å². The van der Waals surface area contributed by atoms with E-state index in [0.29, 0.717) is 11.3 Å². The van der Waals surface area contributed by atoms with E-state index < -0.39 is 0 Å². The Morgan fingerprint density at radius 3 is 2.81 bits per heavy atom. The van der Waals surface area contributed by atoms with Crippen LogP contribution in [0.1, 0.15) is 0 Å². The molecule has 2 aromatic heterocycles. The predicted molar refractivity (Wildman–Crippen MR) is 62.6 cm³/mol. The largest absolute Gasteiger partial charge is 0.297 e. The summed E-state index contributed by atoms with van der Waals surface area (Å²) >= 11 is 0. The minimum atomic E-state index is -0.236. The van der Waals surface area contributed by atoms with Gasteiger partial charge in [0, 0.05) is 23.8 Å². The lowest BCUT2D eigenvalue weighted by Gasteiger charge is -2.00. The van der Waals surface area contributed by atoms with Crippen LogP contribution in [0, 0.1) is 5.82 Å². The molecule has 0 aliphatic heterocycles. The van der Waals surface area contributed by atoms with Gasteiger partial charge in [0.25, 0.3) is 0 Å². The number of aromatic amines is 1. The molecule has 0 fully saturated rings. The Balaban J connectivity index is 0.000000963. The van der Waals surface area contributed by atoms with E-state index >= 15 is 0 Å². The molecule has 0 aliphatic rings. The summed E-state index contributed by atoms with van der Waals surface area (Å²) in [6, 6.07) is 8.69. The average Bonchev–Trinajstić information content (AvgIpc) is 2.85. The fourth-order valence-corrected chi connectivity index (χ4v) is 1.73. The van der Waals surface area contributed by atoms with Gasteiger partial charge in [0.05, 0.1) is 5.52 Å². The van der Waals surface area contributed by atoms with E-state index in [1.165, 1.54) is 6.07 Å². The van der Waals surface area contributed by atoms with Gasteiger partial charge in [0.1, 0.15) is 5.82 Å². The number of H-pyrrole nitrogens is 1. The second-order valence-electron chi connectivity index (χ2n) is 3.30. The molecule has 16 heavy (non-hydrogen) atoms. The Morgan fingerprint density at radius 2 is 2.06 bits per heavy atom. The van der Waals surface area contributed by atoms with Crippen LogP contribution in [0.25, 0.3) is 16.7 Å². The maximum atomic E-state index is 13.6. The second-order valence-corrected chi connectivity index (χ2v) is 3.30. The van der Waals surface area contributed by atoms with Gasteiger partial charge in [-0.1, -0.05) is 12.1 Å². The minimum Gasteiger partial charge on any atom is -0.297 e. The van der Waals surface area contributed by atoms with E-state index in [1.54, 1.807) is 22.9 Å². The number of hydrogen-bond donors (Lipinski definition) is 1. The van der Waals surface area contributed by atoms with Crippen LogP contribution in [0.4, 0.5) is 4.39 Å². The summed E-state index contributed by atoms with van der Waals surface area (Å²) in [7, 11) is 0. The van der Waals surface area contributed by atoms with Crippen molar-refractivity contribution < 1.29 is 4.39 Å². The number of fused-ring (bicyclic) bond motifs is 1. The van der Waals surface area contributed by atoms with E-state index in [9.17, 15) is 4.39 Å². The summed E-state index contributed by atoms with van der Waals surface area (Å²) < 4.78 is 15.3. The molecule has 3 aromatic rings.